The fourth-order valence-electron chi connectivity index (χ4n) is 1.26. The molecule has 1 rings (SSSR count). The van der Waals surface area contributed by atoms with E-state index >= 15 is 0 Å². The van der Waals surface area contributed by atoms with E-state index in [4.69, 9.17) is 0 Å². The quantitative estimate of drug-likeness (QED) is 0.875. The third kappa shape index (κ3) is 4.60. The van der Waals surface area contributed by atoms with E-state index in [1.54, 1.807) is 0 Å². The number of amides is 1. The summed E-state index contributed by atoms with van der Waals surface area (Å²) in [5, 5.41) is 5.10. The van der Waals surface area contributed by atoms with Crippen molar-refractivity contribution >= 4 is 27.5 Å². The first kappa shape index (κ1) is 14.9. The van der Waals surface area contributed by atoms with Gasteiger partial charge in [-0.15, -0.1) is 0 Å². The average Bonchev–Trinajstić information content (AvgIpc) is 2.24. The number of nitrogens with one attached hydrogen (secondary N) is 2. The van der Waals surface area contributed by atoms with Crippen molar-refractivity contribution < 1.29 is 13.6 Å². The van der Waals surface area contributed by atoms with Crippen molar-refractivity contribution in [1.82, 2.24) is 5.32 Å². The van der Waals surface area contributed by atoms with E-state index in [-0.39, 0.29) is 18.1 Å². The molecule has 0 radical (unpaired) electrons. The Hall–Kier alpha value is -1.17. The molecule has 0 aliphatic rings. The number of rotatable bonds is 5. The zero-order valence-electron chi connectivity index (χ0n) is 10.2. The summed E-state index contributed by atoms with van der Waals surface area (Å²) in [6, 6.07) is 2.27. The molecule has 0 atom stereocenters. The molecule has 0 saturated heterocycles. The highest BCUT2D eigenvalue weighted by molar-refractivity contribution is 9.10. The van der Waals surface area contributed by atoms with Crippen LogP contribution in [0.1, 0.15) is 13.8 Å². The average molecular weight is 321 g/mol. The predicted octanol–water partition coefficient (Wildman–Crippen LogP) is 2.91. The predicted molar refractivity (Wildman–Crippen MR) is 70.4 cm³/mol. The Kier molecular flexibility index (Phi) is 5.53. The molecule has 2 N–H and O–H groups in total. The van der Waals surface area contributed by atoms with Crippen molar-refractivity contribution in [1.29, 1.82) is 0 Å². The van der Waals surface area contributed by atoms with Gasteiger partial charge in [0.1, 0.15) is 17.3 Å². The Morgan fingerprint density at radius 2 is 1.89 bits per heavy atom. The second kappa shape index (κ2) is 6.68. The molecule has 100 valence electrons. The number of anilines is 1. The molecule has 0 aromatic heterocycles. The lowest BCUT2D eigenvalue weighted by atomic mass is 10.2. The van der Waals surface area contributed by atoms with Gasteiger partial charge in [0.15, 0.2) is 0 Å². The minimum Gasteiger partial charge on any atom is -0.371 e. The molecule has 0 saturated carbocycles. The number of benzene rings is 1. The van der Waals surface area contributed by atoms with Gasteiger partial charge in [-0.3, -0.25) is 4.79 Å². The molecule has 0 unspecified atom stereocenters. The highest BCUT2D eigenvalue weighted by atomic mass is 79.9. The maximum atomic E-state index is 13.4. The van der Waals surface area contributed by atoms with Crippen LogP contribution in [-0.4, -0.2) is 19.0 Å². The Bertz CT molecular complexity index is 415. The van der Waals surface area contributed by atoms with Gasteiger partial charge in [-0.2, -0.15) is 0 Å². The fraction of sp³-hybridized carbons (Fsp3) is 0.417. The van der Waals surface area contributed by atoms with Crippen molar-refractivity contribution in [2.24, 2.45) is 5.92 Å². The highest BCUT2D eigenvalue weighted by Gasteiger charge is 2.11. The Labute approximate surface area is 113 Å². The number of hydrogen-bond donors (Lipinski definition) is 2. The lowest BCUT2D eigenvalue weighted by molar-refractivity contribution is -0.119. The molecule has 0 spiro atoms. The number of hydrogen-bond acceptors (Lipinski definition) is 2. The van der Waals surface area contributed by atoms with Gasteiger partial charge < -0.3 is 10.6 Å². The zero-order valence-corrected chi connectivity index (χ0v) is 11.8. The molecule has 0 aliphatic carbocycles. The van der Waals surface area contributed by atoms with Crippen LogP contribution >= 0.6 is 15.9 Å². The van der Waals surface area contributed by atoms with Gasteiger partial charge in [-0.1, -0.05) is 29.8 Å². The van der Waals surface area contributed by atoms with Crippen LogP contribution in [-0.2, 0) is 4.79 Å². The molecule has 0 heterocycles. The summed E-state index contributed by atoms with van der Waals surface area (Å²) in [5.41, 5.74) is -0.294. The third-order valence-electron chi connectivity index (χ3n) is 2.14. The van der Waals surface area contributed by atoms with Gasteiger partial charge in [0.25, 0.3) is 0 Å². The minimum absolute atomic E-state index is 0.164. The fourth-order valence-corrected chi connectivity index (χ4v) is 1.66. The molecular weight excluding hydrogens is 306 g/mol. The van der Waals surface area contributed by atoms with E-state index in [1.807, 2.05) is 13.8 Å². The Morgan fingerprint density at radius 1 is 1.33 bits per heavy atom. The molecule has 0 bridgehead atoms. The maximum Gasteiger partial charge on any atom is 0.239 e. The summed E-state index contributed by atoms with van der Waals surface area (Å²) in [5.74, 6) is -1.45. The van der Waals surface area contributed by atoms with E-state index < -0.39 is 11.6 Å². The topological polar surface area (TPSA) is 41.1 Å². The first-order valence-electron chi connectivity index (χ1n) is 5.55. The van der Waals surface area contributed by atoms with Crippen LogP contribution in [0.2, 0.25) is 0 Å². The van der Waals surface area contributed by atoms with E-state index in [0.29, 0.717) is 16.9 Å². The molecule has 6 heteroatoms. The third-order valence-corrected chi connectivity index (χ3v) is 2.60. The highest BCUT2D eigenvalue weighted by Crippen LogP contribution is 2.23. The van der Waals surface area contributed by atoms with Crippen molar-refractivity contribution in [2.75, 3.05) is 18.4 Å². The largest absolute Gasteiger partial charge is 0.371 e. The summed E-state index contributed by atoms with van der Waals surface area (Å²) in [4.78, 5) is 11.4. The van der Waals surface area contributed by atoms with Crippen LogP contribution in [0.15, 0.2) is 16.6 Å². The first-order chi connectivity index (χ1) is 8.40. The molecule has 1 aromatic carbocycles. The van der Waals surface area contributed by atoms with Crippen LogP contribution in [0, 0.1) is 17.6 Å². The monoisotopic (exact) mass is 320 g/mol. The molecule has 18 heavy (non-hydrogen) atoms. The van der Waals surface area contributed by atoms with E-state index in [0.717, 1.165) is 12.1 Å². The molecule has 1 amide bonds. The van der Waals surface area contributed by atoms with Gasteiger partial charge in [0.2, 0.25) is 5.91 Å². The van der Waals surface area contributed by atoms with Crippen LogP contribution < -0.4 is 10.6 Å². The van der Waals surface area contributed by atoms with E-state index in [2.05, 4.69) is 26.6 Å². The smallest absolute Gasteiger partial charge is 0.239 e. The van der Waals surface area contributed by atoms with Crippen molar-refractivity contribution in [2.45, 2.75) is 13.8 Å². The van der Waals surface area contributed by atoms with Crippen molar-refractivity contribution in [3.8, 4) is 0 Å². The molecule has 0 aliphatic heterocycles. The summed E-state index contributed by atoms with van der Waals surface area (Å²) in [7, 11) is 0. The standard InChI is InChI=1S/C12H15BrF2N2O/c1-7(2)5-16-11(18)6-17-12-9(14)3-8(13)4-10(12)15/h3-4,7,17H,5-6H2,1-2H3,(H,16,18). The Balaban J connectivity index is 2.56. The molecule has 0 fully saturated rings. The van der Waals surface area contributed by atoms with Crippen LogP contribution in [0.25, 0.3) is 0 Å². The van der Waals surface area contributed by atoms with Crippen molar-refractivity contribution in [3.63, 3.8) is 0 Å². The lowest BCUT2D eigenvalue weighted by Crippen LogP contribution is -2.32. The normalized spacial score (nSPS) is 10.6. The van der Waals surface area contributed by atoms with Gasteiger partial charge in [-0.25, -0.2) is 8.78 Å². The molecule has 1 aromatic rings. The van der Waals surface area contributed by atoms with E-state index in [9.17, 15) is 13.6 Å². The lowest BCUT2D eigenvalue weighted by Gasteiger charge is -2.10. The summed E-state index contributed by atoms with van der Waals surface area (Å²) in [6.07, 6.45) is 0. The number of halogens is 3. The maximum absolute atomic E-state index is 13.4. The zero-order chi connectivity index (χ0) is 13.7. The second-order valence-electron chi connectivity index (χ2n) is 4.30. The second-order valence-corrected chi connectivity index (χ2v) is 5.21. The molecular formula is C12H15BrF2N2O. The number of carbonyl (C=O) groups is 1. The minimum atomic E-state index is -0.737. The summed E-state index contributed by atoms with van der Waals surface area (Å²) >= 11 is 2.98. The summed E-state index contributed by atoms with van der Waals surface area (Å²) < 4.78 is 27.1. The SMILES string of the molecule is CC(C)CNC(=O)CNc1c(F)cc(Br)cc1F. The first-order valence-corrected chi connectivity index (χ1v) is 6.34. The molecule has 3 nitrogen and oxygen atoms in total. The van der Waals surface area contributed by atoms with Gasteiger partial charge >= 0.3 is 0 Å². The van der Waals surface area contributed by atoms with Crippen molar-refractivity contribution in [3.05, 3.63) is 28.2 Å². The van der Waals surface area contributed by atoms with Crippen LogP contribution in [0.5, 0.6) is 0 Å². The van der Waals surface area contributed by atoms with Gasteiger partial charge in [-0.05, 0) is 18.1 Å². The van der Waals surface area contributed by atoms with E-state index in [1.165, 1.54) is 0 Å². The Morgan fingerprint density at radius 3 is 2.39 bits per heavy atom. The summed E-state index contributed by atoms with van der Waals surface area (Å²) in [6.45, 7) is 4.29. The van der Waals surface area contributed by atoms with Gasteiger partial charge in [0.05, 0.1) is 6.54 Å². The van der Waals surface area contributed by atoms with Crippen LogP contribution in [0.3, 0.4) is 0 Å². The van der Waals surface area contributed by atoms with Crippen LogP contribution in [0.4, 0.5) is 14.5 Å². The number of carbonyl (C=O) groups excluding carboxylic acids is 1. The van der Waals surface area contributed by atoms with Gasteiger partial charge in [0, 0.05) is 11.0 Å².